The molecule has 0 aliphatic heterocycles. The molecule has 6 nitrogen and oxygen atoms in total. The first kappa shape index (κ1) is 24.5. The second-order valence-electron chi connectivity index (χ2n) is 7.29. The second kappa shape index (κ2) is 13.5. The van der Waals surface area contributed by atoms with E-state index in [-0.39, 0.29) is 11.9 Å². The standard InChI is InChI=1S/C25H34O6/c1-4-28-23(26)14-8-10-16-30-22-18-19(3)25(21-13-7-6-12-20(21)22)31-17-11-9-15-24(27)29-5-2/h6-7,12-13,18H,4-5,8-11,14-17H2,1-3H3. The van der Waals surface area contributed by atoms with Crippen LogP contribution in [0.1, 0.15) is 57.9 Å². The fourth-order valence-corrected chi connectivity index (χ4v) is 3.32. The molecule has 0 bridgehead atoms. The van der Waals surface area contributed by atoms with E-state index in [2.05, 4.69) is 0 Å². The molecule has 31 heavy (non-hydrogen) atoms. The highest BCUT2D eigenvalue weighted by atomic mass is 16.5. The zero-order valence-corrected chi connectivity index (χ0v) is 18.9. The number of benzene rings is 2. The number of fused-ring (bicyclic) bond motifs is 1. The number of rotatable bonds is 14. The van der Waals surface area contributed by atoms with Gasteiger partial charge in [0.2, 0.25) is 0 Å². The van der Waals surface area contributed by atoms with Crippen LogP contribution in [0.15, 0.2) is 30.3 Å². The van der Waals surface area contributed by atoms with E-state index in [1.165, 1.54) is 0 Å². The normalized spacial score (nSPS) is 10.7. The van der Waals surface area contributed by atoms with Crippen LogP contribution in [0, 0.1) is 6.92 Å². The Balaban J connectivity index is 1.92. The van der Waals surface area contributed by atoms with Crippen molar-refractivity contribution < 1.29 is 28.5 Å². The van der Waals surface area contributed by atoms with Gasteiger partial charge in [-0.2, -0.15) is 0 Å². The number of hydrogen-bond donors (Lipinski definition) is 0. The zero-order chi connectivity index (χ0) is 22.5. The van der Waals surface area contributed by atoms with Crippen molar-refractivity contribution in [1.29, 1.82) is 0 Å². The molecule has 0 fully saturated rings. The van der Waals surface area contributed by atoms with Gasteiger partial charge < -0.3 is 18.9 Å². The van der Waals surface area contributed by atoms with Crippen LogP contribution in [0.4, 0.5) is 0 Å². The Labute approximate surface area is 184 Å². The van der Waals surface area contributed by atoms with Crippen molar-refractivity contribution in [3.63, 3.8) is 0 Å². The van der Waals surface area contributed by atoms with Crippen molar-refractivity contribution in [2.24, 2.45) is 0 Å². The lowest BCUT2D eigenvalue weighted by Crippen LogP contribution is -2.06. The molecule has 170 valence electrons. The van der Waals surface area contributed by atoms with Crippen LogP contribution in [-0.2, 0) is 19.1 Å². The lowest BCUT2D eigenvalue weighted by molar-refractivity contribution is -0.144. The Hall–Kier alpha value is -2.76. The summed E-state index contributed by atoms with van der Waals surface area (Å²) in [5.41, 5.74) is 1.01. The Morgan fingerprint density at radius 1 is 0.774 bits per heavy atom. The summed E-state index contributed by atoms with van der Waals surface area (Å²) < 4.78 is 22.0. The fourth-order valence-electron chi connectivity index (χ4n) is 3.32. The minimum absolute atomic E-state index is 0.159. The first-order valence-corrected chi connectivity index (χ1v) is 11.2. The third-order valence-corrected chi connectivity index (χ3v) is 4.81. The zero-order valence-electron chi connectivity index (χ0n) is 18.9. The van der Waals surface area contributed by atoms with E-state index in [4.69, 9.17) is 18.9 Å². The predicted molar refractivity (Wildman–Crippen MR) is 121 cm³/mol. The molecule has 2 rings (SSSR count). The SMILES string of the molecule is CCOC(=O)CCCCOc1cc(C)c(OCCCCC(=O)OCC)c2ccccc12. The highest BCUT2D eigenvalue weighted by Crippen LogP contribution is 2.36. The number of aryl methyl sites for hydroxylation is 1. The van der Waals surface area contributed by atoms with Gasteiger partial charge in [-0.05, 0) is 58.1 Å². The van der Waals surface area contributed by atoms with E-state index in [0.717, 1.165) is 53.5 Å². The van der Waals surface area contributed by atoms with Gasteiger partial charge in [-0.3, -0.25) is 9.59 Å². The topological polar surface area (TPSA) is 71.1 Å². The van der Waals surface area contributed by atoms with Gasteiger partial charge in [0.05, 0.1) is 26.4 Å². The molecule has 0 unspecified atom stereocenters. The van der Waals surface area contributed by atoms with Gasteiger partial charge in [-0.1, -0.05) is 24.3 Å². The van der Waals surface area contributed by atoms with Gasteiger partial charge in [-0.15, -0.1) is 0 Å². The molecule has 0 saturated carbocycles. The molecule has 2 aromatic carbocycles. The fraction of sp³-hybridized carbons (Fsp3) is 0.520. The molecule has 0 N–H and O–H groups in total. The van der Waals surface area contributed by atoms with E-state index >= 15 is 0 Å². The maximum Gasteiger partial charge on any atom is 0.305 e. The second-order valence-corrected chi connectivity index (χ2v) is 7.29. The Bertz CT molecular complexity index is 845. The van der Waals surface area contributed by atoms with Gasteiger partial charge in [0, 0.05) is 23.6 Å². The summed E-state index contributed by atoms with van der Waals surface area (Å²) >= 11 is 0. The molecule has 0 spiro atoms. The van der Waals surface area contributed by atoms with Gasteiger partial charge in [-0.25, -0.2) is 0 Å². The summed E-state index contributed by atoms with van der Waals surface area (Å²) in [4.78, 5) is 22.9. The monoisotopic (exact) mass is 430 g/mol. The van der Waals surface area contributed by atoms with Crippen molar-refractivity contribution in [3.8, 4) is 11.5 Å². The third kappa shape index (κ3) is 8.12. The average molecular weight is 431 g/mol. The van der Waals surface area contributed by atoms with Crippen LogP contribution in [0.2, 0.25) is 0 Å². The van der Waals surface area contributed by atoms with Crippen LogP contribution in [0.3, 0.4) is 0 Å². The Morgan fingerprint density at radius 3 is 1.90 bits per heavy atom. The highest BCUT2D eigenvalue weighted by Gasteiger charge is 2.12. The molecule has 0 radical (unpaired) electrons. The van der Waals surface area contributed by atoms with E-state index in [9.17, 15) is 9.59 Å². The molecule has 0 saturated heterocycles. The van der Waals surface area contributed by atoms with E-state index in [1.807, 2.05) is 51.1 Å². The molecule has 0 amide bonds. The molecule has 6 heteroatoms. The van der Waals surface area contributed by atoms with Crippen molar-refractivity contribution in [2.45, 2.75) is 59.3 Å². The predicted octanol–water partition coefficient (Wildman–Crippen LogP) is 5.37. The van der Waals surface area contributed by atoms with Gasteiger partial charge in [0.15, 0.2) is 0 Å². The summed E-state index contributed by atoms with van der Waals surface area (Å²) in [5, 5.41) is 2.01. The number of ether oxygens (including phenoxy) is 4. The molecule has 0 aliphatic rings. The molecule has 2 aromatic rings. The minimum Gasteiger partial charge on any atom is -0.493 e. The smallest absolute Gasteiger partial charge is 0.305 e. The van der Waals surface area contributed by atoms with Crippen LogP contribution in [0.25, 0.3) is 10.8 Å². The van der Waals surface area contributed by atoms with Crippen molar-refractivity contribution in [2.75, 3.05) is 26.4 Å². The third-order valence-electron chi connectivity index (χ3n) is 4.81. The van der Waals surface area contributed by atoms with Crippen LogP contribution >= 0.6 is 0 Å². The minimum atomic E-state index is -0.160. The summed E-state index contributed by atoms with van der Waals surface area (Å²) in [7, 11) is 0. The van der Waals surface area contributed by atoms with E-state index in [0.29, 0.717) is 39.3 Å². The molecular formula is C25H34O6. The summed E-state index contributed by atoms with van der Waals surface area (Å²) in [6, 6.07) is 10.0. The molecule has 0 atom stereocenters. The van der Waals surface area contributed by atoms with Crippen molar-refractivity contribution in [3.05, 3.63) is 35.9 Å². The maximum absolute atomic E-state index is 11.4. The Morgan fingerprint density at radius 2 is 1.32 bits per heavy atom. The Kier molecular flexibility index (Phi) is 10.7. The summed E-state index contributed by atoms with van der Waals surface area (Å²) in [5.74, 6) is 1.35. The first-order chi connectivity index (χ1) is 15.1. The summed E-state index contributed by atoms with van der Waals surface area (Å²) in [6.45, 7) is 7.54. The summed E-state index contributed by atoms with van der Waals surface area (Å²) in [6.07, 6.45) is 3.88. The number of carbonyl (C=O) groups excluding carboxylic acids is 2. The number of hydrogen-bond acceptors (Lipinski definition) is 6. The average Bonchev–Trinajstić information content (AvgIpc) is 2.75. The van der Waals surface area contributed by atoms with E-state index in [1.54, 1.807) is 0 Å². The molecular weight excluding hydrogens is 396 g/mol. The van der Waals surface area contributed by atoms with Crippen LogP contribution in [-0.4, -0.2) is 38.4 Å². The van der Waals surface area contributed by atoms with Crippen molar-refractivity contribution >= 4 is 22.7 Å². The quantitative estimate of drug-likeness (QED) is 0.296. The van der Waals surface area contributed by atoms with Gasteiger partial charge in [0.25, 0.3) is 0 Å². The lowest BCUT2D eigenvalue weighted by atomic mass is 10.0. The molecule has 0 heterocycles. The lowest BCUT2D eigenvalue weighted by Gasteiger charge is -2.16. The van der Waals surface area contributed by atoms with E-state index < -0.39 is 0 Å². The van der Waals surface area contributed by atoms with Crippen LogP contribution in [0.5, 0.6) is 11.5 Å². The first-order valence-electron chi connectivity index (χ1n) is 11.2. The number of unbranched alkanes of at least 4 members (excludes halogenated alkanes) is 2. The largest absolute Gasteiger partial charge is 0.493 e. The van der Waals surface area contributed by atoms with Crippen molar-refractivity contribution in [1.82, 2.24) is 0 Å². The molecule has 0 aliphatic carbocycles. The number of esters is 2. The number of carbonyl (C=O) groups is 2. The van der Waals surface area contributed by atoms with Gasteiger partial charge in [0.1, 0.15) is 11.5 Å². The van der Waals surface area contributed by atoms with Gasteiger partial charge >= 0.3 is 11.9 Å². The highest BCUT2D eigenvalue weighted by molar-refractivity contribution is 5.94. The molecule has 0 aromatic heterocycles. The van der Waals surface area contributed by atoms with Crippen LogP contribution < -0.4 is 9.47 Å². The maximum atomic E-state index is 11.4.